The summed E-state index contributed by atoms with van der Waals surface area (Å²) in [7, 11) is 1.28. The van der Waals surface area contributed by atoms with Gasteiger partial charge in [-0.15, -0.1) is 0 Å². The molecule has 0 aromatic rings. The van der Waals surface area contributed by atoms with Crippen LogP contribution in [0.3, 0.4) is 0 Å². The van der Waals surface area contributed by atoms with E-state index >= 15 is 0 Å². The fourth-order valence-electron chi connectivity index (χ4n) is 0.602. The summed E-state index contributed by atoms with van der Waals surface area (Å²) in [5.74, 6) is -0.709. The zero-order chi connectivity index (χ0) is 11.4. The molecule has 1 unspecified atom stereocenters. The second-order valence-electron chi connectivity index (χ2n) is 2.22. The molecule has 0 radical (unpaired) electrons. The van der Waals surface area contributed by atoms with E-state index in [0.717, 1.165) is 0 Å². The van der Waals surface area contributed by atoms with E-state index in [1.54, 1.807) is 0 Å². The van der Waals surface area contributed by atoms with Gasteiger partial charge in [0.05, 0.1) is 17.0 Å². The summed E-state index contributed by atoms with van der Waals surface area (Å²) >= 11 is -2.38. The highest BCUT2D eigenvalue weighted by Crippen LogP contribution is 2.25. The highest BCUT2D eigenvalue weighted by Gasteiger charge is 2.35. The first kappa shape index (κ1) is 13.1. The smallest absolute Gasteiger partial charge is 0.313 e. The van der Waals surface area contributed by atoms with E-state index in [4.69, 9.17) is 4.55 Å². The molecule has 82 valence electrons. The fraction of sp³-hybridized carbons (Fsp3) is 0.500. The first-order chi connectivity index (χ1) is 6.29. The molecule has 0 saturated heterocycles. The number of alkyl halides is 3. The molecule has 0 aliphatic rings. The molecule has 2 N–H and O–H groups in total. The van der Waals surface area contributed by atoms with E-state index in [-0.39, 0.29) is 0 Å². The molecule has 0 spiro atoms. The predicted molar refractivity (Wildman–Crippen MR) is 47.3 cm³/mol. The minimum atomic E-state index is -4.64. The van der Waals surface area contributed by atoms with Gasteiger partial charge in [-0.3, -0.25) is 0 Å². The second-order valence-corrected chi connectivity index (χ2v) is 3.16. The van der Waals surface area contributed by atoms with E-state index in [2.05, 4.69) is 17.1 Å². The van der Waals surface area contributed by atoms with Crippen LogP contribution in [-0.4, -0.2) is 33.5 Å². The number of hydrogen-bond acceptors (Lipinski definition) is 3. The van der Waals surface area contributed by atoms with Crippen molar-refractivity contribution >= 4 is 16.8 Å². The van der Waals surface area contributed by atoms with Crippen molar-refractivity contribution in [3.63, 3.8) is 0 Å². The Hall–Kier alpha value is -0.890. The van der Waals surface area contributed by atoms with Gasteiger partial charge in [-0.25, -0.2) is 4.21 Å². The van der Waals surface area contributed by atoms with Crippen LogP contribution < -0.4 is 5.43 Å². The Morgan fingerprint density at radius 3 is 2.43 bits per heavy atom. The Bertz CT molecular complexity index is 275. The summed E-state index contributed by atoms with van der Waals surface area (Å²) in [6, 6.07) is 0. The Balaban J connectivity index is 4.77. The quantitative estimate of drug-likeness (QED) is 0.428. The first-order valence-corrected chi connectivity index (χ1v) is 4.64. The molecule has 0 heterocycles. The summed E-state index contributed by atoms with van der Waals surface area (Å²) in [4.78, 5) is 0. The van der Waals surface area contributed by atoms with Crippen LogP contribution in [0.2, 0.25) is 0 Å². The maximum atomic E-state index is 12.1. The number of rotatable bonds is 4. The van der Waals surface area contributed by atoms with Crippen molar-refractivity contribution in [2.45, 2.75) is 6.18 Å². The summed E-state index contributed by atoms with van der Waals surface area (Å²) in [6.07, 6.45) is -4.64. The molecule has 0 aromatic carbocycles. The van der Waals surface area contributed by atoms with E-state index < -0.39 is 34.3 Å². The molecule has 0 fully saturated rings. The summed E-state index contributed by atoms with van der Waals surface area (Å²) in [5.41, 5.74) is 0.298. The van der Waals surface area contributed by atoms with Crippen LogP contribution in [0.5, 0.6) is 0 Å². The monoisotopic (exact) mass is 230 g/mol. The third-order valence-corrected chi connectivity index (χ3v) is 1.72. The predicted octanol–water partition coefficient (Wildman–Crippen LogP) is 0.902. The molecule has 0 aliphatic heterocycles. The topological polar surface area (TPSA) is 61.7 Å². The standard InChI is InChI=1S/C6H9F3N2O2S/c1-4(6(7,8)9)5(11-10-2)3-14(12)13/h10H,1,3H2,2H3,(H,12,13)/b11-5-. The maximum absolute atomic E-state index is 12.1. The SMILES string of the molecule is C=C(/C(CS(=O)O)=N\NC)C(F)(F)F. The minimum absolute atomic E-state index is 0.583. The highest BCUT2D eigenvalue weighted by molar-refractivity contribution is 7.80. The molecular formula is C6H9F3N2O2S. The third kappa shape index (κ3) is 4.38. The van der Waals surface area contributed by atoms with Crippen molar-refractivity contribution in [3.8, 4) is 0 Å². The zero-order valence-electron chi connectivity index (χ0n) is 7.26. The van der Waals surface area contributed by atoms with E-state index in [0.29, 0.717) is 0 Å². The second kappa shape index (κ2) is 5.11. The lowest BCUT2D eigenvalue weighted by molar-refractivity contribution is -0.0857. The molecule has 0 saturated carbocycles. The number of hydrogen-bond donors (Lipinski definition) is 2. The molecule has 1 atom stereocenters. The van der Waals surface area contributed by atoms with Crippen LogP contribution >= 0.6 is 0 Å². The Kier molecular flexibility index (Phi) is 4.78. The van der Waals surface area contributed by atoms with Gasteiger partial charge in [0.1, 0.15) is 0 Å². The van der Waals surface area contributed by atoms with Gasteiger partial charge >= 0.3 is 6.18 Å². The number of hydrazone groups is 1. The molecule has 4 nitrogen and oxygen atoms in total. The minimum Gasteiger partial charge on any atom is -0.313 e. The molecule has 0 aliphatic carbocycles. The van der Waals surface area contributed by atoms with Crippen molar-refractivity contribution in [2.24, 2.45) is 5.10 Å². The van der Waals surface area contributed by atoms with Crippen LogP contribution in [0.25, 0.3) is 0 Å². The molecule has 8 heteroatoms. The Morgan fingerprint density at radius 1 is 1.64 bits per heavy atom. The van der Waals surface area contributed by atoms with Crippen molar-refractivity contribution in [2.75, 3.05) is 12.8 Å². The van der Waals surface area contributed by atoms with Crippen LogP contribution in [0.4, 0.5) is 13.2 Å². The lowest BCUT2D eigenvalue weighted by atomic mass is 10.2. The van der Waals surface area contributed by atoms with Crippen molar-refractivity contribution in [3.05, 3.63) is 12.2 Å². The van der Waals surface area contributed by atoms with Crippen LogP contribution in [0, 0.1) is 0 Å². The third-order valence-electron chi connectivity index (χ3n) is 1.20. The van der Waals surface area contributed by atoms with Crippen molar-refractivity contribution in [1.29, 1.82) is 0 Å². The van der Waals surface area contributed by atoms with Crippen LogP contribution in [0.15, 0.2) is 17.3 Å². The van der Waals surface area contributed by atoms with Gasteiger partial charge in [-0.05, 0) is 0 Å². The maximum Gasteiger partial charge on any atom is 0.417 e. The van der Waals surface area contributed by atoms with Gasteiger partial charge in [0.15, 0.2) is 11.1 Å². The Morgan fingerprint density at radius 2 is 2.14 bits per heavy atom. The van der Waals surface area contributed by atoms with Crippen molar-refractivity contribution in [1.82, 2.24) is 5.43 Å². The van der Waals surface area contributed by atoms with Crippen LogP contribution in [-0.2, 0) is 11.1 Å². The molecule has 0 bridgehead atoms. The van der Waals surface area contributed by atoms with E-state index in [1.807, 2.05) is 0 Å². The lowest BCUT2D eigenvalue weighted by Crippen LogP contribution is -2.25. The lowest BCUT2D eigenvalue weighted by Gasteiger charge is -2.10. The van der Waals surface area contributed by atoms with Gasteiger partial charge in [0.2, 0.25) is 0 Å². The number of allylic oxidation sites excluding steroid dienone is 1. The zero-order valence-corrected chi connectivity index (χ0v) is 8.08. The van der Waals surface area contributed by atoms with Gasteiger partial charge < -0.3 is 9.98 Å². The number of halogens is 3. The van der Waals surface area contributed by atoms with Gasteiger partial charge in [0.25, 0.3) is 0 Å². The molecule has 14 heavy (non-hydrogen) atoms. The highest BCUT2D eigenvalue weighted by atomic mass is 32.2. The number of nitrogens with one attached hydrogen (secondary N) is 1. The molecular weight excluding hydrogens is 221 g/mol. The van der Waals surface area contributed by atoms with Gasteiger partial charge in [-0.1, -0.05) is 6.58 Å². The number of nitrogens with zero attached hydrogens (tertiary/aromatic N) is 1. The van der Waals surface area contributed by atoms with Gasteiger partial charge in [-0.2, -0.15) is 18.3 Å². The first-order valence-electron chi connectivity index (χ1n) is 3.36. The van der Waals surface area contributed by atoms with Gasteiger partial charge in [0, 0.05) is 7.05 Å². The molecule has 0 aromatic heterocycles. The largest absolute Gasteiger partial charge is 0.417 e. The summed E-state index contributed by atoms with van der Waals surface area (Å²) < 4.78 is 55.0. The summed E-state index contributed by atoms with van der Waals surface area (Å²) in [5, 5.41) is 3.22. The van der Waals surface area contributed by atoms with Crippen molar-refractivity contribution < 1.29 is 21.9 Å². The average Bonchev–Trinajstić information content (AvgIpc) is 2.00. The molecule has 0 amide bonds. The van der Waals surface area contributed by atoms with Crippen LogP contribution in [0.1, 0.15) is 0 Å². The Labute approximate surface area is 81.2 Å². The summed E-state index contributed by atoms with van der Waals surface area (Å²) in [6.45, 7) is 2.76. The van der Waals surface area contributed by atoms with E-state index in [1.165, 1.54) is 7.05 Å². The van der Waals surface area contributed by atoms with E-state index in [9.17, 15) is 17.4 Å². The molecule has 0 rings (SSSR count). The normalized spacial score (nSPS) is 15.1. The fourth-order valence-corrected chi connectivity index (χ4v) is 1.08. The average molecular weight is 230 g/mol.